The van der Waals surface area contributed by atoms with Gasteiger partial charge in [-0.25, -0.2) is 0 Å². The lowest BCUT2D eigenvalue weighted by Gasteiger charge is -2.26. The molecule has 1 aliphatic rings. The van der Waals surface area contributed by atoms with E-state index in [1.54, 1.807) is 12.1 Å². The maximum atomic E-state index is 13.2. The molecule has 160 valence electrons. The molecule has 30 heavy (non-hydrogen) atoms. The number of amides is 2. The highest BCUT2D eigenvalue weighted by Crippen LogP contribution is 2.32. The van der Waals surface area contributed by atoms with Gasteiger partial charge in [0, 0.05) is 26.2 Å². The van der Waals surface area contributed by atoms with Crippen molar-refractivity contribution in [1.82, 2.24) is 10.2 Å². The van der Waals surface area contributed by atoms with Crippen LogP contribution in [0.3, 0.4) is 0 Å². The first kappa shape index (κ1) is 21.8. The lowest BCUT2D eigenvalue weighted by molar-refractivity contribution is -0.137. The van der Waals surface area contributed by atoms with Crippen molar-refractivity contribution in [3.63, 3.8) is 0 Å². The quantitative estimate of drug-likeness (QED) is 0.752. The van der Waals surface area contributed by atoms with Crippen molar-refractivity contribution in [1.29, 1.82) is 0 Å². The number of benzene rings is 2. The lowest BCUT2D eigenvalue weighted by atomic mass is 10.1. The second-order valence-corrected chi connectivity index (χ2v) is 6.75. The Morgan fingerprint density at radius 2 is 1.57 bits per heavy atom. The zero-order valence-electron chi connectivity index (χ0n) is 16.2. The Morgan fingerprint density at radius 1 is 0.933 bits per heavy atom. The van der Waals surface area contributed by atoms with Gasteiger partial charge in [0.2, 0.25) is 0 Å². The van der Waals surface area contributed by atoms with E-state index in [1.165, 1.54) is 24.3 Å². The summed E-state index contributed by atoms with van der Waals surface area (Å²) in [6, 6.07) is 10.7. The molecule has 9 heteroatoms. The SMILES string of the molecule is O=C(NCCN1CCOCC1)c1ccccc1NC(=O)c1ccccc1C(F)(F)F. The third kappa shape index (κ3) is 5.58. The summed E-state index contributed by atoms with van der Waals surface area (Å²) < 4.78 is 44.9. The van der Waals surface area contributed by atoms with Gasteiger partial charge < -0.3 is 15.4 Å². The van der Waals surface area contributed by atoms with E-state index >= 15 is 0 Å². The number of morpholine rings is 1. The number of hydrogen-bond donors (Lipinski definition) is 2. The molecule has 0 spiro atoms. The summed E-state index contributed by atoms with van der Waals surface area (Å²) in [7, 11) is 0. The van der Waals surface area contributed by atoms with Crippen molar-refractivity contribution in [3.8, 4) is 0 Å². The van der Waals surface area contributed by atoms with Gasteiger partial charge in [0.05, 0.1) is 35.6 Å². The van der Waals surface area contributed by atoms with Crippen molar-refractivity contribution in [2.45, 2.75) is 6.18 Å². The minimum Gasteiger partial charge on any atom is -0.379 e. The van der Waals surface area contributed by atoms with Gasteiger partial charge in [-0.05, 0) is 24.3 Å². The van der Waals surface area contributed by atoms with Crippen LogP contribution in [0, 0.1) is 0 Å². The molecule has 2 N–H and O–H groups in total. The Morgan fingerprint density at radius 3 is 2.27 bits per heavy atom. The van der Waals surface area contributed by atoms with E-state index < -0.39 is 29.1 Å². The number of nitrogens with zero attached hydrogens (tertiary/aromatic N) is 1. The highest BCUT2D eigenvalue weighted by molar-refractivity contribution is 6.09. The second-order valence-electron chi connectivity index (χ2n) is 6.75. The number of ether oxygens (including phenoxy) is 1. The summed E-state index contributed by atoms with van der Waals surface area (Å²) in [6.45, 7) is 3.95. The average Bonchev–Trinajstić information content (AvgIpc) is 2.74. The molecular formula is C21H22F3N3O3. The largest absolute Gasteiger partial charge is 0.417 e. The van der Waals surface area contributed by atoms with Crippen molar-refractivity contribution in [3.05, 3.63) is 65.2 Å². The van der Waals surface area contributed by atoms with Crippen LogP contribution in [-0.4, -0.2) is 56.1 Å². The van der Waals surface area contributed by atoms with Crippen LogP contribution in [-0.2, 0) is 10.9 Å². The van der Waals surface area contributed by atoms with Gasteiger partial charge >= 0.3 is 6.18 Å². The van der Waals surface area contributed by atoms with Crippen LogP contribution in [0.25, 0.3) is 0 Å². The van der Waals surface area contributed by atoms with Crippen LogP contribution < -0.4 is 10.6 Å². The Balaban J connectivity index is 1.68. The molecule has 0 bridgehead atoms. The van der Waals surface area contributed by atoms with Gasteiger partial charge in [0.1, 0.15) is 0 Å². The summed E-state index contributed by atoms with van der Waals surface area (Å²) >= 11 is 0. The summed E-state index contributed by atoms with van der Waals surface area (Å²) in [5, 5.41) is 5.22. The number of nitrogens with one attached hydrogen (secondary N) is 2. The van der Waals surface area contributed by atoms with Crippen LogP contribution >= 0.6 is 0 Å². The molecule has 6 nitrogen and oxygen atoms in total. The Hall–Kier alpha value is -2.91. The number of hydrogen-bond acceptors (Lipinski definition) is 4. The lowest BCUT2D eigenvalue weighted by Crippen LogP contribution is -2.41. The van der Waals surface area contributed by atoms with E-state index in [1.807, 2.05) is 0 Å². The predicted octanol–water partition coefficient (Wildman–Crippen LogP) is 3.02. The van der Waals surface area contributed by atoms with Crippen LogP contribution in [0.2, 0.25) is 0 Å². The molecule has 1 aliphatic heterocycles. The van der Waals surface area contributed by atoms with Crippen molar-refractivity contribution in [2.75, 3.05) is 44.7 Å². The van der Waals surface area contributed by atoms with Crippen molar-refractivity contribution in [2.24, 2.45) is 0 Å². The first-order chi connectivity index (χ1) is 14.4. The van der Waals surface area contributed by atoms with E-state index in [2.05, 4.69) is 15.5 Å². The summed E-state index contributed by atoms with van der Waals surface area (Å²) in [5.41, 5.74) is -1.22. The van der Waals surface area contributed by atoms with Crippen LogP contribution in [0.15, 0.2) is 48.5 Å². The van der Waals surface area contributed by atoms with E-state index in [0.29, 0.717) is 26.3 Å². The molecule has 1 saturated heterocycles. The molecule has 1 fully saturated rings. The minimum absolute atomic E-state index is 0.142. The Kier molecular flexibility index (Phi) is 7.07. The standard InChI is InChI=1S/C21H22F3N3O3/c22-21(23,24)17-7-3-1-5-15(17)20(29)26-18-8-4-2-6-16(18)19(28)25-9-10-27-11-13-30-14-12-27/h1-8H,9-14H2,(H,25,28)(H,26,29). The molecular weight excluding hydrogens is 399 g/mol. The molecule has 0 saturated carbocycles. The monoisotopic (exact) mass is 421 g/mol. The van der Waals surface area contributed by atoms with E-state index in [4.69, 9.17) is 4.74 Å². The van der Waals surface area contributed by atoms with Gasteiger partial charge in [0.25, 0.3) is 11.8 Å². The molecule has 2 amide bonds. The Labute approximate surface area is 172 Å². The average molecular weight is 421 g/mol. The third-order valence-corrected chi connectivity index (χ3v) is 4.71. The molecule has 2 aromatic rings. The van der Waals surface area contributed by atoms with Crippen molar-refractivity contribution < 1.29 is 27.5 Å². The van der Waals surface area contributed by atoms with Crippen molar-refractivity contribution >= 4 is 17.5 Å². The smallest absolute Gasteiger partial charge is 0.379 e. The van der Waals surface area contributed by atoms with E-state index in [0.717, 1.165) is 25.2 Å². The number of para-hydroxylation sites is 1. The minimum atomic E-state index is -4.66. The summed E-state index contributed by atoms with van der Waals surface area (Å²) in [5.74, 6) is -1.35. The Bertz CT molecular complexity index is 896. The zero-order chi connectivity index (χ0) is 21.6. The molecule has 2 aromatic carbocycles. The summed E-state index contributed by atoms with van der Waals surface area (Å²) in [6.07, 6.45) is -4.66. The first-order valence-corrected chi connectivity index (χ1v) is 9.51. The summed E-state index contributed by atoms with van der Waals surface area (Å²) in [4.78, 5) is 27.2. The zero-order valence-corrected chi connectivity index (χ0v) is 16.2. The van der Waals surface area contributed by atoms with Gasteiger partial charge in [-0.1, -0.05) is 24.3 Å². The highest BCUT2D eigenvalue weighted by atomic mass is 19.4. The number of anilines is 1. The molecule has 0 atom stereocenters. The molecule has 0 aromatic heterocycles. The number of halogens is 3. The van der Waals surface area contributed by atoms with Gasteiger partial charge in [-0.15, -0.1) is 0 Å². The first-order valence-electron chi connectivity index (χ1n) is 9.51. The topological polar surface area (TPSA) is 70.7 Å². The van der Waals surface area contributed by atoms with E-state index in [9.17, 15) is 22.8 Å². The van der Waals surface area contributed by atoms with Crippen LogP contribution in [0.4, 0.5) is 18.9 Å². The van der Waals surface area contributed by atoms with Gasteiger partial charge in [0.15, 0.2) is 0 Å². The maximum absolute atomic E-state index is 13.2. The molecule has 1 heterocycles. The molecule has 3 rings (SSSR count). The van der Waals surface area contributed by atoms with Gasteiger partial charge in [-0.3, -0.25) is 14.5 Å². The number of alkyl halides is 3. The fourth-order valence-corrected chi connectivity index (χ4v) is 3.16. The molecule has 0 aliphatic carbocycles. The second kappa shape index (κ2) is 9.73. The predicted molar refractivity (Wildman–Crippen MR) is 105 cm³/mol. The molecule has 0 radical (unpaired) electrons. The molecule has 0 unspecified atom stereocenters. The number of carbonyl (C=O) groups is 2. The highest BCUT2D eigenvalue weighted by Gasteiger charge is 2.35. The maximum Gasteiger partial charge on any atom is 0.417 e. The fraction of sp³-hybridized carbons (Fsp3) is 0.333. The third-order valence-electron chi connectivity index (χ3n) is 4.71. The number of carbonyl (C=O) groups excluding carboxylic acids is 2. The van der Waals surface area contributed by atoms with Crippen LogP contribution in [0.1, 0.15) is 26.3 Å². The van der Waals surface area contributed by atoms with Crippen LogP contribution in [0.5, 0.6) is 0 Å². The normalized spacial score (nSPS) is 14.9. The number of rotatable bonds is 6. The van der Waals surface area contributed by atoms with E-state index in [-0.39, 0.29) is 11.3 Å². The fourth-order valence-electron chi connectivity index (χ4n) is 3.16. The van der Waals surface area contributed by atoms with Gasteiger partial charge in [-0.2, -0.15) is 13.2 Å².